The van der Waals surface area contributed by atoms with E-state index in [1.54, 1.807) is 18.2 Å². The smallest absolute Gasteiger partial charge is 0.415 e. The topological polar surface area (TPSA) is 85.8 Å². The van der Waals surface area contributed by atoms with E-state index in [0.29, 0.717) is 6.54 Å². The van der Waals surface area contributed by atoms with Crippen LogP contribution < -0.4 is 9.64 Å². The van der Waals surface area contributed by atoms with Crippen molar-refractivity contribution in [2.75, 3.05) is 12.0 Å². The molecule has 0 radical (unpaired) electrons. The zero-order chi connectivity index (χ0) is 23.1. The average molecular weight is 415 g/mol. The molecule has 0 bridgehead atoms. The first-order valence-electron chi connectivity index (χ1n) is 9.51. The van der Waals surface area contributed by atoms with Gasteiger partial charge in [0.1, 0.15) is 11.4 Å². The van der Waals surface area contributed by atoms with Gasteiger partial charge >= 0.3 is 12.2 Å². The SMILES string of the molecule is COc1c(C)cnc(CN(C(=O)OC(C)(C)C)c2cccc(C)c2C)c1C.O=C=O. The van der Waals surface area contributed by atoms with Crippen LogP contribution in [-0.2, 0) is 20.9 Å². The molecule has 0 saturated carbocycles. The first-order chi connectivity index (χ1) is 14.0. The Labute approximate surface area is 178 Å². The number of aryl methyl sites for hydroxylation is 2. The van der Waals surface area contributed by atoms with Crippen molar-refractivity contribution in [3.05, 3.63) is 52.3 Å². The van der Waals surface area contributed by atoms with Crippen LogP contribution in [0.1, 0.15) is 48.7 Å². The number of hydrogen-bond donors (Lipinski definition) is 0. The number of carbonyl (C=O) groups excluding carboxylic acids is 3. The number of rotatable bonds is 4. The number of amides is 1. The van der Waals surface area contributed by atoms with E-state index >= 15 is 0 Å². The van der Waals surface area contributed by atoms with Gasteiger partial charge in [0.2, 0.25) is 0 Å². The molecule has 0 unspecified atom stereocenters. The van der Waals surface area contributed by atoms with Gasteiger partial charge in [0.15, 0.2) is 0 Å². The van der Waals surface area contributed by atoms with Crippen molar-refractivity contribution < 1.29 is 23.9 Å². The standard InChI is InChI=1S/C22H30N2O3.CO2/c1-14-10-9-11-19(16(14)3)24(21(25)27-22(5,6)7)13-18-17(4)20(26-8)15(2)12-23-18;2-1-3/h9-12H,13H2,1-8H3;. The minimum Gasteiger partial charge on any atom is -0.496 e. The third-order valence-corrected chi connectivity index (χ3v) is 4.54. The number of methoxy groups -OCH3 is 1. The molecule has 1 amide bonds. The lowest BCUT2D eigenvalue weighted by atomic mass is 10.1. The minimum atomic E-state index is -0.583. The third-order valence-electron chi connectivity index (χ3n) is 4.54. The summed E-state index contributed by atoms with van der Waals surface area (Å²) in [5.41, 5.74) is 5.08. The van der Waals surface area contributed by atoms with Gasteiger partial charge in [0, 0.05) is 17.3 Å². The maximum atomic E-state index is 13.0. The zero-order valence-electron chi connectivity index (χ0n) is 19.0. The molecule has 30 heavy (non-hydrogen) atoms. The van der Waals surface area contributed by atoms with Gasteiger partial charge in [-0.25, -0.2) is 4.79 Å². The Bertz CT molecular complexity index is 926. The highest BCUT2D eigenvalue weighted by molar-refractivity contribution is 5.89. The second-order valence-corrected chi connectivity index (χ2v) is 7.92. The number of nitrogens with zero attached hydrogens (tertiary/aromatic N) is 2. The molecule has 0 aliphatic heterocycles. The highest BCUT2D eigenvalue weighted by Gasteiger charge is 2.26. The number of ether oxygens (including phenoxy) is 2. The van der Waals surface area contributed by atoms with Crippen LogP contribution in [0.25, 0.3) is 0 Å². The van der Waals surface area contributed by atoms with Gasteiger partial charge < -0.3 is 9.47 Å². The number of hydrogen-bond acceptors (Lipinski definition) is 6. The molecule has 0 aliphatic carbocycles. The molecule has 0 aliphatic rings. The molecular weight excluding hydrogens is 384 g/mol. The van der Waals surface area contributed by atoms with Crippen LogP contribution in [0.3, 0.4) is 0 Å². The fourth-order valence-electron chi connectivity index (χ4n) is 2.97. The zero-order valence-corrected chi connectivity index (χ0v) is 19.0. The van der Waals surface area contributed by atoms with Gasteiger partial charge in [-0.15, -0.1) is 0 Å². The van der Waals surface area contributed by atoms with E-state index in [-0.39, 0.29) is 6.15 Å². The normalized spacial score (nSPS) is 10.4. The highest BCUT2D eigenvalue weighted by Crippen LogP contribution is 2.29. The van der Waals surface area contributed by atoms with E-state index in [9.17, 15) is 4.79 Å². The summed E-state index contributed by atoms with van der Waals surface area (Å²) in [7, 11) is 1.65. The Balaban J connectivity index is 0.00000141. The molecule has 1 aromatic carbocycles. The Morgan fingerprint density at radius 2 is 1.67 bits per heavy atom. The first kappa shape index (κ1) is 24.9. The van der Waals surface area contributed by atoms with Gasteiger partial charge in [-0.3, -0.25) is 9.88 Å². The lowest BCUT2D eigenvalue weighted by Crippen LogP contribution is -2.37. The number of carbonyl (C=O) groups is 1. The average Bonchev–Trinajstić information content (AvgIpc) is 2.63. The summed E-state index contributed by atoms with van der Waals surface area (Å²) < 4.78 is 11.2. The Morgan fingerprint density at radius 3 is 2.20 bits per heavy atom. The van der Waals surface area contributed by atoms with E-state index in [4.69, 9.17) is 19.1 Å². The molecule has 0 atom stereocenters. The molecule has 7 nitrogen and oxygen atoms in total. The number of aromatic nitrogens is 1. The molecule has 2 aromatic rings. The predicted octanol–water partition coefficient (Wildman–Crippen LogP) is 4.68. The molecule has 0 N–H and O–H groups in total. The van der Waals surface area contributed by atoms with Gasteiger partial charge in [-0.2, -0.15) is 9.59 Å². The summed E-state index contributed by atoms with van der Waals surface area (Å²) in [5.74, 6) is 0.796. The van der Waals surface area contributed by atoms with Crippen molar-refractivity contribution in [3.63, 3.8) is 0 Å². The van der Waals surface area contributed by atoms with Gasteiger partial charge in [-0.1, -0.05) is 12.1 Å². The Kier molecular flexibility index (Phi) is 8.75. The highest BCUT2D eigenvalue weighted by atomic mass is 16.6. The van der Waals surface area contributed by atoms with E-state index in [1.807, 2.05) is 66.7 Å². The molecule has 0 spiro atoms. The van der Waals surface area contributed by atoms with E-state index < -0.39 is 11.7 Å². The van der Waals surface area contributed by atoms with E-state index in [0.717, 1.165) is 39.4 Å². The van der Waals surface area contributed by atoms with Crippen molar-refractivity contribution in [3.8, 4) is 5.75 Å². The molecule has 0 fully saturated rings. The summed E-state index contributed by atoms with van der Waals surface area (Å²) in [6.45, 7) is 13.9. The van der Waals surface area contributed by atoms with Crippen LogP contribution in [0.2, 0.25) is 0 Å². The summed E-state index contributed by atoms with van der Waals surface area (Å²) >= 11 is 0. The lowest BCUT2D eigenvalue weighted by Gasteiger charge is -2.29. The van der Waals surface area contributed by atoms with Crippen molar-refractivity contribution in [1.82, 2.24) is 4.98 Å². The lowest BCUT2D eigenvalue weighted by molar-refractivity contribution is -0.191. The third kappa shape index (κ3) is 6.42. The number of anilines is 1. The van der Waals surface area contributed by atoms with Crippen molar-refractivity contribution in [1.29, 1.82) is 0 Å². The van der Waals surface area contributed by atoms with Crippen LogP contribution in [0.4, 0.5) is 10.5 Å². The fraction of sp³-hybridized carbons (Fsp3) is 0.435. The molecule has 0 saturated heterocycles. The summed E-state index contributed by atoms with van der Waals surface area (Å²) in [6, 6.07) is 5.92. The summed E-state index contributed by atoms with van der Waals surface area (Å²) in [6.07, 6.45) is 1.63. The van der Waals surface area contributed by atoms with Gasteiger partial charge in [0.05, 0.1) is 25.0 Å². The fourth-order valence-corrected chi connectivity index (χ4v) is 2.97. The van der Waals surface area contributed by atoms with Gasteiger partial charge in [0.25, 0.3) is 0 Å². The van der Waals surface area contributed by atoms with E-state index in [2.05, 4.69) is 4.98 Å². The monoisotopic (exact) mass is 414 g/mol. The number of benzene rings is 1. The van der Waals surface area contributed by atoms with Crippen molar-refractivity contribution in [2.45, 2.75) is 60.6 Å². The van der Waals surface area contributed by atoms with Crippen molar-refractivity contribution >= 4 is 17.9 Å². The first-order valence-corrected chi connectivity index (χ1v) is 9.51. The summed E-state index contributed by atoms with van der Waals surface area (Å²) in [4.78, 5) is 35.5. The largest absolute Gasteiger partial charge is 0.496 e. The summed E-state index contributed by atoms with van der Waals surface area (Å²) in [5, 5.41) is 0. The number of pyridine rings is 1. The Hall–Kier alpha value is -3.18. The molecule has 2 rings (SSSR count). The molecule has 7 heteroatoms. The van der Waals surface area contributed by atoms with Gasteiger partial charge in [-0.05, 0) is 65.7 Å². The molecule has 162 valence electrons. The second kappa shape index (κ2) is 10.6. The Morgan fingerprint density at radius 1 is 1.07 bits per heavy atom. The molecule has 1 heterocycles. The predicted molar refractivity (Wildman–Crippen MR) is 114 cm³/mol. The maximum absolute atomic E-state index is 13.0. The van der Waals surface area contributed by atoms with Crippen LogP contribution >= 0.6 is 0 Å². The minimum absolute atomic E-state index is 0.250. The molecular formula is C23H30N2O5. The van der Waals surface area contributed by atoms with Crippen LogP contribution in [-0.4, -0.2) is 29.9 Å². The van der Waals surface area contributed by atoms with E-state index in [1.165, 1.54) is 0 Å². The quantitative estimate of drug-likeness (QED) is 0.722. The van der Waals surface area contributed by atoms with Crippen LogP contribution in [0.5, 0.6) is 5.75 Å². The second-order valence-electron chi connectivity index (χ2n) is 7.92. The molecule has 1 aromatic heterocycles. The van der Waals surface area contributed by atoms with Crippen LogP contribution in [0, 0.1) is 27.7 Å². The van der Waals surface area contributed by atoms with Crippen molar-refractivity contribution in [2.24, 2.45) is 0 Å². The van der Waals surface area contributed by atoms with Crippen LogP contribution in [0.15, 0.2) is 24.4 Å². The maximum Gasteiger partial charge on any atom is 0.415 e.